The smallest absolute Gasteiger partial charge is 0.261 e. The average molecular weight is 403 g/mol. The summed E-state index contributed by atoms with van der Waals surface area (Å²) in [6.45, 7) is 1.63. The molecule has 2 N–H and O–H groups in total. The summed E-state index contributed by atoms with van der Waals surface area (Å²) < 4.78 is 1.90. The molecule has 4 rings (SSSR count). The highest BCUT2D eigenvalue weighted by atomic mass is 35.5. The monoisotopic (exact) mass is 402 g/mol. The first-order chi connectivity index (χ1) is 13.1. The van der Waals surface area contributed by atoms with E-state index in [4.69, 9.17) is 23.2 Å². The SMILES string of the molecule is O=C(Nc1c(Cl)cccc1Cl)c1cn(C2CCNC2)c2ncccc2c1=O. The molecule has 3 heterocycles. The van der Waals surface area contributed by atoms with Crippen LogP contribution in [0.15, 0.2) is 47.5 Å². The largest absolute Gasteiger partial charge is 0.327 e. The van der Waals surface area contributed by atoms with E-state index in [0.717, 1.165) is 19.5 Å². The van der Waals surface area contributed by atoms with Gasteiger partial charge in [0.15, 0.2) is 0 Å². The number of benzene rings is 1. The van der Waals surface area contributed by atoms with Crippen molar-refractivity contribution in [2.45, 2.75) is 12.5 Å². The first-order valence-electron chi connectivity index (χ1n) is 8.52. The van der Waals surface area contributed by atoms with Gasteiger partial charge in [-0.2, -0.15) is 0 Å². The lowest BCUT2D eigenvalue weighted by Gasteiger charge is -2.18. The van der Waals surface area contributed by atoms with Crippen LogP contribution in [0.3, 0.4) is 0 Å². The molecule has 0 saturated carbocycles. The second kappa shape index (κ2) is 7.31. The minimum Gasteiger partial charge on any atom is -0.327 e. The molecule has 1 fully saturated rings. The number of fused-ring (bicyclic) bond motifs is 1. The van der Waals surface area contributed by atoms with Gasteiger partial charge in [-0.1, -0.05) is 29.3 Å². The van der Waals surface area contributed by atoms with E-state index in [2.05, 4.69) is 15.6 Å². The van der Waals surface area contributed by atoms with Crippen LogP contribution in [0.2, 0.25) is 10.0 Å². The Morgan fingerprint density at radius 2 is 2.00 bits per heavy atom. The van der Waals surface area contributed by atoms with E-state index in [1.54, 1.807) is 42.7 Å². The Balaban J connectivity index is 1.82. The number of amides is 1. The number of carbonyl (C=O) groups excluding carboxylic acids is 1. The molecule has 1 saturated heterocycles. The van der Waals surface area contributed by atoms with E-state index in [1.807, 2.05) is 4.57 Å². The van der Waals surface area contributed by atoms with E-state index in [1.165, 1.54) is 0 Å². The highest BCUT2D eigenvalue weighted by Crippen LogP contribution is 2.30. The quantitative estimate of drug-likeness (QED) is 0.702. The van der Waals surface area contributed by atoms with Crippen molar-refractivity contribution in [3.63, 3.8) is 0 Å². The number of halogens is 2. The van der Waals surface area contributed by atoms with Crippen LogP contribution in [0.4, 0.5) is 5.69 Å². The average Bonchev–Trinajstić information content (AvgIpc) is 3.20. The summed E-state index contributed by atoms with van der Waals surface area (Å²) in [5.74, 6) is -0.555. The molecule has 0 radical (unpaired) electrons. The van der Waals surface area contributed by atoms with Crippen LogP contribution in [0.1, 0.15) is 22.8 Å². The zero-order chi connectivity index (χ0) is 19.0. The van der Waals surface area contributed by atoms with Gasteiger partial charge in [0.05, 0.1) is 21.1 Å². The van der Waals surface area contributed by atoms with Crippen LogP contribution in [0, 0.1) is 0 Å². The van der Waals surface area contributed by atoms with Gasteiger partial charge < -0.3 is 15.2 Å². The Morgan fingerprint density at radius 3 is 2.70 bits per heavy atom. The van der Waals surface area contributed by atoms with Crippen molar-refractivity contribution in [2.24, 2.45) is 0 Å². The molecule has 27 heavy (non-hydrogen) atoms. The number of rotatable bonds is 3. The fraction of sp³-hybridized carbons (Fsp3) is 0.211. The second-order valence-electron chi connectivity index (χ2n) is 6.35. The Kier molecular flexibility index (Phi) is 4.86. The molecule has 1 aliphatic heterocycles. The molecule has 0 spiro atoms. The molecular weight excluding hydrogens is 387 g/mol. The van der Waals surface area contributed by atoms with E-state index >= 15 is 0 Å². The van der Waals surface area contributed by atoms with Crippen molar-refractivity contribution < 1.29 is 4.79 Å². The van der Waals surface area contributed by atoms with Crippen LogP contribution >= 0.6 is 23.2 Å². The van der Waals surface area contributed by atoms with Gasteiger partial charge in [0, 0.05) is 25.0 Å². The van der Waals surface area contributed by atoms with Gasteiger partial charge >= 0.3 is 0 Å². The predicted octanol–water partition coefficient (Wildman–Crippen LogP) is 3.49. The van der Waals surface area contributed by atoms with Gasteiger partial charge in [-0.3, -0.25) is 9.59 Å². The topological polar surface area (TPSA) is 76.0 Å². The lowest BCUT2D eigenvalue weighted by molar-refractivity contribution is 0.102. The number of para-hydroxylation sites is 1. The van der Waals surface area contributed by atoms with E-state index < -0.39 is 5.91 Å². The summed E-state index contributed by atoms with van der Waals surface area (Å²) in [5.41, 5.74) is 0.508. The Labute approximate surface area is 165 Å². The Bertz CT molecular complexity index is 1070. The third-order valence-electron chi connectivity index (χ3n) is 4.66. The third kappa shape index (κ3) is 3.32. The summed E-state index contributed by atoms with van der Waals surface area (Å²) in [7, 11) is 0. The number of hydrogen-bond donors (Lipinski definition) is 2. The zero-order valence-electron chi connectivity index (χ0n) is 14.2. The van der Waals surface area contributed by atoms with E-state index in [-0.39, 0.29) is 22.7 Å². The molecule has 0 aliphatic carbocycles. The van der Waals surface area contributed by atoms with Crippen molar-refractivity contribution in [1.29, 1.82) is 0 Å². The Morgan fingerprint density at radius 1 is 1.22 bits per heavy atom. The molecule has 0 bridgehead atoms. The number of nitrogens with zero attached hydrogens (tertiary/aromatic N) is 2. The molecule has 1 atom stereocenters. The van der Waals surface area contributed by atoms with Crippen LogP contribution in [-0.4, -0.2) is 28.5 Å². The fourth-order valence-electron chi connectivity index (χ4n) is 3.30. The van der Waals surface area contributed by atoms with Gasteiger partial charge in [-0.15, -0.1) is 0 Å². The van der Waals surface area contributed by atoms with Crippen molar-refractivity contribution in [3.8, 4) is 0 Å². The summed E-state index contributed by atoms with van der Waals surface area (Å²) in [4.78, 5) is 30.1. The van der Waals surface area contributed by atoms with E-state index in [9.17, 15) is 9.59 Å². The number of anilines is 1. The molecule has 1 aliphatic rings. The standard InChI is InChI=1S/C19H16Cl2N4O2/c20-14-4-1-5-15(21)16(14)24-19(27)13-10-25(11-6-8-22-9-11)18-12(17(13)26)3-2-7-23-18/h1-5,7,10-11,22H,6,8-9H2,(H,24,27). The zero-order valence-corrected chi connectivity index (χ0v) is 15.7. The highest BCUT2D eigenvalue weighted by molar-refractivity contribution is 6.40. The first kappa shape index (κ1) is 18.0. The maximum Gasteiger partial charge on any atom is 0.261 e. The van der Waals surface area contributed by atoms with Gasteiger partial charge in [0.2, 0.25) is 5.43 Å². The predicted molar refractivity (Wildman–Crippen MR) is 107 cm³/mol. The number of nitrogens with one attached hydrogen (secondary N) is 2. The van der Waals surface area contributed by atoms with Crippen LogP contribution in [0.5, 0.6) is 0 Å². The number of hydrogen-bond acceptors (Lipinski definition) is 4. The van der Waals surface area contributed by atoms with Crippen LogP contribution in [-0.2, 0) is 0 Å². The fourth-order valence-corrected chi connectivity index (χ4v) is 3.79. The van der Waals surface area contributed by atoms with Crippen molar-refractivity contribution in [2.75, 3.05) is 18.4 Å². The molecule has 2 aromatic heterocycles. The molecule has 138 valence electrons. The summed E-state index contributed by atoms with van der Waals surface area (Å²) in [6, 6.07) is 8.42. The maximum atomic E-state index is 12.9. The third-order valence-corrected chi connectivity index (χ3v) is 5.29. The first-order valence-corrected chi connectivity index (χ1v) is 9.28. The number of aromatic nitrogens is 2. The molecule has 8 heteroatoms. The lowest BCUT2D eigenvalue weighted by atomic mass is 10.1. The summed E-state index contributed by atoms with van der Waals surface area (Å²) >= 11 is 12.3. The molecular formula is C19H16Cl2N4O2. The molecule has 6 nitrogen and oxygen atoms in total. The van der Waals surface area contributed by atoms with Crippen molar-refractivity contribution in [1.82, 2.24) is 14.9 Å². The van der Waals surface area contributed by atoms with Crippen molar-refractivity contribution in [3.05, 3.63) is 68.6 Å². The Hall–Kier alpha value is -2.41. The van der Waals surface area contributed by atoms with Gasteiger partial charge in [0.25, 0.3) is 5.91 Å². The van der Waals surface area contributed by atoms with E-state index in [0.29, 0.717) is 21.1 Å². The molecule has 3 aromatic rings. The minimum absolute atomic E-state index is 0.0263. The van der Waals surface area contributed by atoms with Gasteiger partial charge in [-0.25, -0.2) is 4.98 Å². The molecule has 1 unspecified atom stereocenters. The highest BCUT2D eigenvalue weighted by Gasteiger charge is 2.23. The summed E-state index contributed by atoms with van der Waals surface area (Å²) in [5, 5.41) is 6.97. The van der Waals surface area contributed by atoms with Gasteiger partial charge in [-0.05, 0) is 37.2 Å². The second-order valence-corrected chi connectivity index (χ2v) is 7.17. The maximum absolute atomic E-state index is 12.9. The lowest BCUT2D eigenvalue weighted by Crippen LogP contribution is -2.26. The van der Waals surface area contributed by atoms with Crippen molar-refractivity contribution >= 4 is 45.8 Å². The number of pyridine rings is 2. The minimum atomic E-state index is -0.555. The molecule has 1 amide bonds. The summed E-state index contributed by atoms with van der Waals surface area (Å²) in [6.07, 6.45) is 4.12. The normalized spacial score (nSPS) is 16.6. The molecule has 1 aromatic carbocycles. The van der Waals surface area contributed by atoms with Crippen LogP contribution < -0.4 is 16.1 Å². The van der Waals surface area contributed by atoms with Crippen LogP contribution in [0.25, 0.3) is 11.0 Å². The number of carbonyl (C=O) groups is 1. The van der Waals surface area contributed by atoms with Gasteiger partial charge in [0.1, 0.15) is 11.2 Å².